The van der Waals surface area contributed by atoms with E-state index >= 15 is 0 Å². The number of hydrogen-bond donors (Lipinski definition) is 2. The summed E-state index contributed by atoms with van der Waals surface area (Å²) in [5, 5.41) is 14.1. The van der Waals surface area contributed by atoms with Crippen molar-refractivity contribution >= 4 is 28.3 Å². The highest BCUT2D eigenvalue weighted by atomic mass is 19.4. The van der Waals surface area contributed by atoms with Gasteiger partial charge in [-0.05, 0) is 61.7 Å². The van der Waals surface area contributed by atoms with Crippen molar-refractivity contribution in [3.05, 3.63) is 59.7 Å². The number of rotatable bonds is 6. The van der Waals surface area contributed by atoms with Crippen molar-refractivity contribution in [3.8, 4) is 16.9 Å². The number of carbonyl (C=O) groups excluding carboxylic acids is 1. The second-order valence-electron chi connectivity index (χ2n) is 9.09. The molecule has 9 heteroatoms. The van der Waals surface area contributed by atoms with Crippen LogP contribution < -0.4 is 10.1 Å². The van der Waals surface area contributed by atoms with Gasteiger partial charge in [-0.15, -0.1) is 13.2 Å². The smallest absolute Gasteiger partial charge is 0.479 e. The molecule has 2 N–H and O–H groups in total. The van der Waals surface area contributed by atoms with Gasteiger partial charge in [-0.25, -0.2) is 4.79 Å². The van der Waals surface area contributed by atoms with Crippen molar-refractivity contribution in [2.45, 2.75) is 52.7 Å². The van der Waals surface area contributed by atoms with Gasteiger partial charge in [-0.1, -0.05) is 30.3 Å². The van der Waals surface area contributed by atoms with E-state index < -0.39 is 35.7 Å². The predicted octanol–water partition coefficient (Wildman–Crippen LogP) is 6.61. The van der Waals surface area contributed by atoms with Crippen LogP contribution in [0.1, 0.15) is 44.9 Å². The Balaban J connectivity index is 2.40. The van der Waals surface area contributed by atoms with Gasteiger partial charge in [-0.2, -0.15) is 0 Å². The normalized spacial score (nSPS) is 12.9. The second kappa shape index (κ2) is 9.58. The number of anilines is 1. The number of hydrogen-bond acceptors (Lipinski definition) is 4. The van der Waals surface area contributed by atoms with Crippen LogP contribution in [-0.4, -0.2) is 28.9 Å². The number of carboxylic acid groups (broad SMARTS) is 1. The lowest BCUT2D eigenvalue weighted by molar-refractivity contribution is -0.274. The third-order valence-corrected chi connectivity index (χ3v) is 5.06. The number of carbonyl (C=O) groups is 2. The van der Waals surface area contributed by atoms with E-state index in [-0.39, 0.29) is 5.69 Å². The van der Waals surface area contributed by atoms with Crippen LogP contribution in [0.3, 0.4) is 0 Å². The van der Waals surface area contributed by atoms with Crippen molar-refractivity contribution in [2.24, 2.45) is 0 Å². The highest BCUT2D eigenvalue weighted by molar-refractivity contribution is 6.05. The first kappa shape index (κ1) is 26.0. The summed E-state index contributed by atoms with van der Waals surface area (Å²) in [6, 6.07) is 12.6. The van der Waals surface area contributed by atoms with Crippen molar-refractivity contribution in [3.63, 3.8) is 0 Å². The number of benzene rings is 3. The molecule has 3 aromatic rings. The lowest BCUT2D eigenvalue weighted by Gasteiger charge is -2.29. The molecule has 35 heavy (non-hydrogen) atoms. The standard InChI is InChI=1S/C26H26F3NO5/c1-14-12-16-8-6-7-9-18(16)22(21(14)23(24(32)33)35-25(3,4)5)19-11-10-17(34-26(27,28)29)13-20(19)30-15(2)31/h6-13,23H,1-5H3,(H,30,31)(H,32,33). The van der Waals surface area contributed by atoms with Gasteiger partial charge in [0.2, 0.25) is 5.91 Å². The Labute approximate surface area is 200 Å². The van der Waals surface area contributed by atoms with Gasteiger partial charge in [0.05, 0.1) is 11.3 Å². The average Bonchev–Trinajstić information content (AvgIpc) is 2.69. The van der Waals surface area contributed by atoms with Gasteiger partial charge in [0, 0.05) is 24.1 Å². The van der Waals surface area contributed by atoms with Crippen LogP contribution in [0.2, 0.25) is 0 Å². The molecule has 0 heterocycles. The Morgan fingerprint density at radius 2 is 1.69 bits per heavy atom. The Bertz CT molecular complexity index is 1280. The largest absolute Gasteiger partial charge is 0.573 e. The van der Waals surface area contributed by atoms with Gasteiger partial charge >= 0.3 is 12.3 Å². The van der Waals surface area contributed by atoms with Crippen LogP contribution in [0, 0.1) is 6.92 Å². The first-order chi connectivity index (χ1) is 16.2. The molecule has 186 valence electrons. The quantitative estimate of drug-likeness (QED) is 0.407. The van der Waals surface area contributed by atoms with Crippen molar-refractivity contribution < 1.29 is 37.3 Å². The molecule has 1 atom stereocenters. The summed E-state index contributed by atoms with van der Waals surface area (Å²) in [6.45, 7) is 8.15. The van der Waals surface area contributed by atoms with E-state index in [2.05, 4.69) is 10.1 Å². The minimum absolute atomic E-state index is 0.0381. The zero-order valence-corrected chi connectivity index (χ0v) is 19.9. The number of carboxylic acids is 1. The maximum atomic E-state index is 12.8. The summed E-state index contributed by atoms with van der Waals surface area (Å²) in [7, 11) is 0. The van der Waals surface area contributed by atoms with Crippen LogP contribution in [0.4, 0.5) is 18.9 Å². The van der Waals surface area contributed by atoms with Crippen molar-refractivity contribution in [1.29, 1.82) is 0 Å². The molecule has 3 aromatic carbocycles. The van der Waals surface area contributed by atoms with Crippen molar-refractivity contribution in [2.75, 3.05) is 5.32 Å². The molecule has 0 aliphatic heterocycles. The maximum absolute atomic E-state index is 12.8. The maximum Gasteiger partial charge on any atom is 0.573 e. The molecule has 3 rings (SSSR count). The van der Waals surface area contributed by atoms with E-state index in [4.69, 9.17) is 4.74 Å². The van der Waals surface area contributed by atoms with Gasteiger partial charge in [-0.3, -0.25) is 4.79 Å². The lowest BCUT2D eigenvalue weighted by atomic mass is 9.86. The zero-order chi connectivity index (χ0) is 26.1. The van der Waals surface area contributed by atoms with Gasteiger partial charge in [0.25, 0.3) is 0 Å². The molecule has 1 amide bonds. The first-order valence-electron chi connectivity index (χ1n) is 10.8. The minimum Gasteiger partial charge on any atom is -0.479 e. The Hall–Kier alpha value is -3.59. The van der Waals surface area contributed by atoms with Crippen molar-refractivity contribution in [1.82, 2.24) is 0 Å². The fourth-order valence-electron chi connectivity index (χ4n) is 3.95. The number of amides is 1. The summed E-state index contributed by atoms with van der Waals surface area (Å²) < 4.78 is 48.5. The third kappa shape index (κ3) is 6.30. The summed E-state index contributed by atoms with van der Waals surface area (Å²) in [5.74, 6) is -2.27. The molecule has 1 unspecified atom stereocenters. The van der Waals surface area contributed by atoms with Crippen LogP contribution in [-0.2, 0) is 14.3 Å². The molecule has 0 aliphatic rings. The van der Waals surface area contributed by atoms with E-state index in [1.54, 1.807) is 39.8 Å². The fraction of sp³-hybridized carbons (Fsp3) is 0.308. The average molecular weight is 489 g/mol. The second-order valence-corrected chi connectivity index (χ2v) is 9.09. The highest BCUT2D eigenvalue weighted by Gasteiger charge is 2.33. The number of aliphatic carboxylic acids is 1. The monoisotopic (exact) mass is 489 g/mol. The zero-order valence-electron chi connectivity index (χ0n) is 19.9. The SMILES string of the molecule is CC(=O)Nc1cc(OC(F)(F)F)ccc1-c1c(C(OC(C)(C)C)C(=O)O)c(C)cc2ccccc12. The highest BCUT2D eigenvalue weighted by Crippen LogP contribution is 2.44. The fourth-order valence-corrected chi connectivity index (χ4v) is 3.95. The summed E-state index contributed by atoms with van der Waals surface area (Å²) in [6.07, 6.45) is -6.31. The van der Waals surface area contributed by atoms with Crippen LogP contribution in [0.5, 0.6) is 5.75 Å². The molecule has 0 radical (unpaired) electrons. The number of alkyl halides is 3. The molecule has 0 fully saturated rings. The van der Waals surface area contributed by atoms with E-state index in [9.17, 15) is 27.9 Å². The molecule has 6 nitrogen and oxygen atoms in total. The molecule has 0 bridgehead atoms. The Morgan fingerprint density at radius 1 is 1.03 bits per heavy atom. The van der Waals surface area contributed by atoms with Crippen LogP contribution in [0.25, 0.3) is 21.9 Å². The Morgan fingerprint density at radius 3 is 2.26 bits per heavy atom. The first-order valence-corrected chi connectivity index (χ1v) is 10.8. The predicted molar refractivity (Wildman–Crippen MR) is 126 cm³/mol. The molecule has 0 saturated carbocycles. The van der Waals surface area contributed by atoms with E-state index in [0.29, 0.717) is 27.6 Å². The van der Waals surface area contributed by atoms with Gasteiger partial charge in [0.15, 0.2) is 6.10 Å². The number of halogens is 3. The van der Waals surface area contributed by atoms with Gasteiger partial charge in [0.1, 0.15) is 5.75 Å². The molecular weight excluding hydrogens is 463 g/mol. The van der Waals surface area contributed by atoms with Crippen LogP contribution in [0.15, 0.2) is 48.5 Å². The molecule has 0 saturated heterocycles. The van der Waals surface area contributed by atoms with Gasteiger partial charge < -0.3 is 19.9 Å². The number of ether oxygens (including phenoxy) is 2. The topological polar surface area (TPSA) is 84.9 Å². The number of aryl methyl sites for hydroxylation is 1. The summed E-state index contributed by atoms with van der Waals surface area (Å²) >= 11 is 0. The minimum atomic E-state index is -4.93. The number of fused-ring (bicyclic) bond motifs is 1. The van der Waals surface area contributed by atoms with Crippen LogP contribution >= 0.6 is 0 Å². The lowest BCUT2D eigenvalue weighted by Crippen LogP contribution is -2.28. The Kier molecular flexibility index (Phi) is 7.12. The summed E-state index contributed by atoms with van der Waals surface area (Å²) in [4.78, 5) is 24.3. The molecule has 0 aromatic heterocycles. The van der Waals surface area contributed by atoms with E-state index in [1.807, 2.05) is 18.2 Å². The van der Waals surface area contributed by atoms with E-state index in [0.717, 1.165) is 17.5 Å². The third-order valence-electron chi connectivity index (χ3n) is 5.06. The van der Waals surface area contributed by atoms with E-state index in [1.165, 1.54) is 13.0 Å². The number of nitrogens with one attached hydrogen (secondary N) is 1. The molecule has 0 aliphatic carbocycles. The molecular formula is C26H26F3NO5. The molecule has 0 spiro atoms. The summed E-state index contributed by atoms with van der Waals surface area (Å²) in [5.41, 5.74) is 0.926.